The van der Waals surface area contributed by atoms with Crippen molar-refractivity contribution in [2.24, 2.45) is 0 Å². The third kappa shape index (κ3) is 4.34. The van der Waals surface area contributed by atoms with E-state index in [0.29, 0.717) is 0 Å². The average molecular weight is 403 g/mol. The topological polar surface area (TPSA) is 32.8 Å². The predicted octanol–water partition coefficient (Wildman–Crippen LogP) is 3.79. The Bertz CT molecular complexity index is 718. The number of piperazine rings is 1. The van der Waals surface area contributed by atoms with Crippen LogP contribution in [0.4, 0.5) is 5.69 Å². The van der Waals surface area contributed by atoms with E-state index in [2.05, 4.69) is 33.0 Å². The summed E-state index contributed by atoms with van der Waals surface area (Å²) in [7, 11) is 0. The van der Waals surface area contributed by atoms with E-state index < -0.39 is 0 Å². The lowest BCUT2D eigenvalue weighted by Crippen LogP contribution is -2.50. The zero-order chi connectivity index (χ0) is 17.8. The number of para-hydroxylation sites is 1. The van der Waals surface area contributed by atoms with Gasteiger partial charge in [0.25, 0.3) is 5.91 Å². The van der Waals surface area contributed by atoms with Crippen LogP contribution in [0.2, 0.25) is 0 Å². The van der Waals surface area contributed by atoms with Gasteiger partial charge in [0, 0.05) is 36.3 Å². The van der Waals surface area contributed by atoms with E-state index >= 15 is 0 Å². The Hall–Kier alpha value is -2.01. The molecule has 2 aromatic rings. The van der Waals surface area contributed by atoms with E-state index in [4.69, 9.17) is 4.74 Å². The van der Waals surface area contributed by atoms with Gasteiger partial charge in [-0.25, -0.2) is 0 Å². The Morgan fingerprint density at radius 2 is 1.64 bits per heavy atom. The summed E-state index contributed by atoms with van der Waals surface area (Å²) in [6, 6.07) is 14.2. The molecule has 1 fully saturated rings. The second-order valence-electron chi connectivity index (χ2n) is 6.36. The van der Waals surface area contributed by atoms with Crippen molar-refractivity contribution in [2.45, 2.75) is 13.8 Å². The Labute approximate surface area is 157 Å². The van der Waals surface area contributed by atoms with Crippen molar-refractivity contribution in [1.82, 2.24) is 4.90 Å². The summed E-state index contributed by atoms with van der Waals surface area (Å²) in [4.78, 5) is 16.6. The van der Waals surface area contributed by atoms with Crippen LogP contribution >= 0.6 is 15.9 Å². The Kier molecular flexibility index (Phi) is 5.63. The van der Waals surface area contributed by atoms with Crippen LogP contribution in [-0.4, -0.2) is 43.6 Å². The highest BCUT2D eigenvalue weighted by atomic mass is 79.9. The monoisotopic (exact) mass is 402 g/mol. The van der Waals surface area contributed by atoms with Gasteiger partial charge in [-0.3, -0.25) is 4.79 Å². The fourth-order valence-corrected chi connectivity index (χ4v) is 3.31. The number of rotatable bonds is 4. The fraction of sp³-hybridized carbons (Fsp3) is 0.350. The number of nitrogens with zero attached hydrogens (tertiary/aromatic N) is 2. The highest BCUT2D eigenvalue weighted by Crippen LogP contribution is 2.26. The van der Waals surface area contributed by atoms with Gasteiger partial charge in [-0.1, -0.05) is 34.1 Å². The maximum absolute atomic E-state index is 12.4. The molecule has 132 valence electrons. The van der Waals surface area contributed by atoms with Gasteiger partial charge in [-0.15, -0.1) is 0 Å². The zero-order valence-corrected chi connectivity index (χ0v) is 16.3. The molecule has 4 nitrogen and oxygen atoms in total. The molecule has 0 aliphatic carbocycles. The molecular weight excluding hydrogens is 380 g/mol. The van der Waals surface area contributed by atoms with Crippen molar-refractivity contribution in [1.29, 1.82) is 0 Å². The first-order chi connectivity index (χ1) is 12.0. The number of carbonyl (C=O) groups is 1. The van der Waals surface area contributed by atoms with E-state index in [1.807, 2.05) is 49.1 Å². The number of ether oxygens (including phenoxy) is 1. The van der Waals surface area contributed by atoms with Crippen LogP contribution in [-0.2, 0) is 4.79 Å². The molecule has 1 aliphatic heterocycles. The van der Waals surface area contributed by atoms with Crippen LogP contribution in [0.1, 0.15) is 11.1 Å². The minimum absolute atomic E-state index is 0.0472. The molecule has 0 atom stereocenters. The molecule has 1 saturated heterocycles. The van der Waals surface area contributed by atoms with Crippen LogP contribution in [0.15, 0.2) is 46.9 Å². The van der Waals surface area contributed by atoms with Crippen LogP contribution in [0.25, 0.3) is 0 Å². The van der Waals surface area contributed by atoms with Crippen molar-refractivity contribution in [3.8, 4) is 5.75 Å². The zero-order valence-electron chi connectivity index (χ0n) is 14.7. The fourth-order valence-electron chi connectivity index (χ4n) is 3.08. The van der Waals surface area contributed by atoms with Crippen LogP contribution in [0.3, 0.4) is 0 Å². The number of anilines is 1. The molecule has 25 heavy (non-hydrogen) atoms. The Morgan fingerprint density at radius 3 is 2.24 bits per heavy atom. The van der Waals surface area contributed by atoms with Crippen molar-refractivity contribution < 1.29 is 9.53 Å². The number of hydrogen-bond acceptors (Lipinski definition) is 3. The number of benzene rings is 2. The van der Waals surface area contributed by atoms with Gasteiger partial charge >= 0.3 is 0 Å². The highest BCUT2D eigenvalue weighted by molar-refractivity contribution is 9.10. The van der Waals surface area contributed by atoms with Crippen molar-refractivity contribution in [3.05, 3.63) is 58.1 Å². The summed E-state index contributed by atoms with van der Waals surface area (Å²) in [6.07, 6.45) is 0. The Morgan fingerprint density at radius 1 is 1.04 bits per heavy atom. The minimum atomic E-state index is 0.0472. The normalized spacial score (nSPS) is 14.5. The second-order valence-corrected chi connectivity index (χ2v) is 7.16. The molecule has 1 amide bonds. The lowest BCUT2D eigenvalue weighted by Gasteiger charge is -2.36. The maximum Gasteiger partial charge on any atom is 0.260 e. The molecule has 3 rings (SSSR count). The summed E-state index contributed by atoms with van der Waals surface area (Å²) < 4.78 is 6.81. The molecule has 0 radical (unpaired) electrons. The van der Waals surface area contributed by atoms with Gasteiger partial charge in [0.05, 0.1) is 0 Å². The second kappa shape index (κ2) is 7.91. The highest BCUT2D eigenvalue weighted by Gasteiger charge is 2.21. The van der Waals surface area contributed by atoms with Gasteiger partial charge in [-0.2, -0.15) is 0 Å². The number of hydrogen-bond donors (Lipinski definition) is 0. The lowest BCUT2D eigenvalue weighted by atomic mass is 10.1. The van der Waals surface area contributed by atoms with Gasteiger partial charge in [0.1, 0.15) is 5.75 Å². The first kappa shape index (κ1) is 17.8. The molecule has 0 saturated carbocycles. The summed E-state index contributed by atoms with van der Waals surface area (Å²) in [6.45, 7) is 7.30. The predicted molar refractivity (Wildman–Crippen MR) is 104 cm³/mol. The largest absolute Gasteiger partial charge is 0.484 e. The molecule has 0 bridgehead atoms. The molecule has 0 aromatic heterocycles. The molecule has 1 heterocycles. The van der Waals surface area contributed by atoms with E-state index in [9.17, 15) is 4.79 Å². The van der Waals surface area contributed by atoms with Gasteiger partial charge in [0.15, 0.2) is 6.61 Å². The number of halogens is 1. The van der Waals surface area contributed by atoms with Gasteiger partial charge < -0.3 is 14.5 Å². The molecule has 0 unspecified atom stereocenters. The summed E-state index contributed by atoms with van der Waals surface area (Å²) >= 11 is 3.55. The molecule has 0 spiro atoms. The molecule has 2 aromatic carbocycles. The van der Waals surface area contributed by atoms with Crippen molar-refractivity contribution in [2.75, 3.05) is 37.7 Å². The average Bonchev–Trinajstić information content (AvgIpc) is 2.65. The molecule has 1 aliphatic rings. The smallest absolute Gasteiger partial charge is 0.260 e. The van der Waals surface area contributed by atoms with Gasteiger partial charge in [0.2, 0.25) is 0 Å². The summed E-state index contributed by atoms with van der Waals surface area (Å²) in [5.74, 6) is 0.792. The minimum Gasteiger partial charge on any atom is -0.484 e. The third-order valence-corrected chi connectivity index (χ3v) is 5.78. The van der Waals surface area contributed by atoms with E-state index in [1.54, 1.807) is 0 Å². The summed E-state index contributed by atoms with van der Waals surface area (Å²) in [5.41, 5.74) is 3.43. The van der Waals surface area contributed by atoms with Crippen LogP contribution < -0.4 is 9.64 Å². The third-order valence-electron chi connectivity index (χ3n) is 4.53. The first-order valence-corrected chi connectivity index (χ1v) is 9.31. The number of aryl methyl sites for hydroxylation is 2. The number of carbonyl (C=O) groups excluding carboxylic acids is 1. The first-order valence-electron chi connectivity index (χ1n) is 8.52. The lowest BCUT2D eigenvalue weighted by molar-refractivity contribution is -0.133. The molecular formula is C20H23BrN2O2. The summed E-state index contributed by atoms with van der Waals surface area (Å²) in [5, 5.41) is 0. The standard InChI is InChI=1S/C20H23BrN2O2/c1-15-12-18(13-16(2)20(15)21)25-14-19(24)23-10-8-22(9-11-23)17-6-4-3-5-7-17/h3-7,12-13H,8-11,14H2,1-2H3. The Balaban J connectivity index is 1.51. The molecule has 5 heteroatoms. The molecule has 0 N–H and O–H groups in total. The number of amides is 1. The van der Waals surface area contributed by atoms with Crippen LogP contribution in [0, 0.1) is 13.8 Å². The van der Waals surface area contributed by atoms with Crippen molar-refractivity contribution >= 4 is 27.5 Å². The van der Waals surface area contributed by atoms with Crippen molar-refractivity contribution in [3.63, 3.8) is 0 Å². The van der Waals surface area contributed by atoms with E-state index in [0.717, 1.165) is 47.5 Å². The van der Waals surface area contributed by atoms with Crippen LogP contribution in [0.5, 0.6) is 5.75 Å². The quantitative estimate of drug-likeness (QED) is 0.779. The van der Waals surface area contributed by atoms with Gasteiger partial charge in [-0.05, 0) is 49.2 Å². The van der Waals surface area contributed by atoms with E-state index in [-0.39, 0.29) is 12.5 Å². The SMILES string of the molecule is Cc1cc(OCC(=O)N2CCN(c3ccccc3)CC2)cc(C)c1Br. The maximum atomic E-state index is 12.4. The van der Waals surface area contributed by atoms with E-state index in [1.165, 1.54) is 5.69 Å².